The zero-order chi connectivity index (χ0) is 29.5. The Morgan fingerprint density at radius 1 is 0.810 bits per heavy atom. The van der Waals surface area contributed by atoms with Gasteiger partial charge in [0.15, 0.2) is 23.0 Å². The summed E-state index contributed by atoms with van der Waals surface area (Å²) in [7, 11) is 1.59. The average Bonchev–Trinajstić information content (AvgIpc) is 3.29. The van der Waals surface area contributed by atoms with Crippen molar-refractivity contribution in [1.82, 2.24) is 0 Å². The van der Waals surface area contributed by atoms with Crippen molar-refractivity contribution in [2.45, 2.75) is 27.1 Å². The van der Waals surface area contributed by atoms with E-state index in [0.29, 0.717) is 52.0 Å². The van der Waals surface area contributed by atoms with E-state index in [1.54, 1.807) is 7.11 Å². The van der Waals surface area contributed by atoms with Crippen molar-refractivity contribution in [3.8, 4) is 23.0 Å². The van der Waals surface area contributed by atoms with Crippen molar-refractivity contribution in [1.29, 1.82) is 0 Å². The molecule has 8 heteroatoms. The Labute approximate surface area is 254 Å². The van der Waals surface area contributed by atoms with Crippen LogP contribution < -0.4 is 24.0 Å². The summed E-state index contributed by atoms with van der Waals surface area (Å²) in [6.45, 7) is 5.01. The molecule has 1 aliphatic heterocycles. The predicted octanol–water partition coefficient (Wildman–Crippen LogP) is 7.82. The number of hydrazone groups is 1. The fourth-order valence-electron chi connectivity index (χ4n) is 4.48. The van der Waals surface area contributed by atoms with Crippen molar-refractivity contribution in [2.75, 3.05) is 18.7 Å². The maximum Gasteiger partial charge on any atom is 0.280 e. The van der Waals surface area contributed by atoms with Crippen molar-refractivity contribution < 1.29 is 23.7 Å². The normalized spacial score (nSPS) is 13.7. The maximum absolute atomic E-state index is 13.2. The van der Waals surface area contributed by atoms with Gasteiger partial charge < -0.3 is 18.9 Å². The van der Waals surface area contributed by atoms with Crippen LogP contribution >= 0.6 is 15.9 Å². The number of ether oxygens (including phenoxy) is 4. The highest BCUT2D eigenvalue weighted by molar-refractivity contribution is 9.10. The monoisotopic (exact) mass is 626 g/mol. The van der Waals surface area contributed by atoms with Gasteiger partial charge in [0.1, 0.15) is 13.2 Å². The van der Waals surface area contributed by atoms with Crippen LogP contribution in [0.25, 0.3) is 6.08 Å². The molecule has 0 saturated carbocycles. The van der Waals surface area contributed by atoms with Gasteiger partial charge in [-0.1, -0.05) is 54.6 Å². The highest BCUT2D eigenvalue weighted by Gasteiger charge is 2.28. The third kappa shape index (κ3) is 6.66. The van der Waals surface area contributed by atoms with Crippen LogP contribution in [0.2, 0.25) is 0 Å². The number of hydrogen-bond acceptors (Lipinski definition) is 6. The standard InChI is InChI=1S/C34H31BrN2O5/c1-4-40-31-19-25(15-16-30(31)41-21-24-11-7-5-8-12-24)22-42-33-29(35)18-26(20-32(33)39-3)17-28-23(2)36-37(34(28)38)27-13-9-6-10-14-27/h5-20H,4,21-22H2,1-3H3/b28-17-. The Morgan fingerprint density at radius 2 is 1.52 bits per heavy atom. The van der Waals surface area contributed by atoms with Gasteiger partial charge in [0.2, 0.25) is 0 Å². The van der Waals surface area contributed by atoms with Crippen LogP contribution in [-0.4, -0.2) is 25.3 Å². The summed E-state index contributed by atoms with van der Waals surface area (Å²) in [5, 5.41) is 5.88. The number of nitrogens with zero attached hydrogens (tertiary/aromatic N) is 2. The molecule has 5 rings (SSSR count). The number of hydrogen-bond donors (Lipinski definition) is 0. The van der Waals surface area contributed by atoms with E-state index >= 15 is 0 Å². The van der Waals surface area contributed by atoms with Gasteiger partial charge >= 0.3 is 0 Å². The third-order valence-electron chi connectivity index (χ3n) is 6.55. The first-order chi connectivity index (χ1) is 20.5. The summed E-state index contributed by atoms with van der Waals surface area (Å²) >= 11 is 3.63. The van der Waals surface area contributed by atoms with Crippen molar-refractivity contribution >= 4 is 39.3 Å². The first-order valence-corrected chi connectivity index (χ1v) is 14.4. The second kappa shape index (κ2) is 13.4. The van der Waals surface area contributed by atoms with Gasteiger partial charge in [-0.3, -0.25) is 4.79 Å². The smallest absolute Gasteiger partial charge is 0.280 e. The topological polar surface area (TPSA) is 69.6 Å². The first kappa shape index (κ1) is 29.0. The molecule has 0 N–H and O–H groups in total. The SMILES string of the molecule is CCOc1cc(COc2c(Br)cc(/C=C3\C(=O)N(c4ccccc4)N=C3C)cc2OC)ccc1OCc1ccccc1. The minimum atomic E-state index is -0.185. The summed E-state index contributed by atoms with van der Waals surface area (Å²) in [6, 6.07) is 28.9. The van der Waals surface area contributed by atoms with Crippen molar-refractivity contribution in [3.63, 3.8) is 0 Å². The van der Waals surface area contributed by atoms with Crippen molar-refractivity contribution in [2.24, 2.45) is 5.10 Å². The number of anilines is 1. The summed E-state index contributed by atoms with van der Waals surface area (Å²) in [4.78, 5) is 13.2. The van der Waals surface area contributed by atoms with E-state index in [-0.39, 0.29) is 12.5 Å². The number of benzene rings is 4. The molecule has 1 heterocycles. The molecule has 0 saturated heterocycles. The second-order valence-electron chi connectivity index (χ2n) is 9.51. The molecule has 0 unspecified atom stereocenters. The molecule has 0 atom stereocenters. The number of methoxy groups -OCH3 is 1. The van der Waals surface area contributed by atoms with Gasteiger partial charge in [0.25, 0.3) is 5.91 Å². The Morgan fingerprint density at radius 3 is 2.24 bits per heavy atom. The summed E-state index contributed by atoms with van der Waals surface area (Å²) in [6.07, 6.45) is 1.81. The number of carbonyl (C=O) groups is 1. The lowest BCUT2D eigenvalue weighted by atomic mass is 10.1. The van der Waals surface area contributed by atoms with Gasteiger partial charge in [0, 0.05) is 0 Å². The zero-order valence-electron chi connectivity index (χ0n) is 23.7. The molecular formula is C34H31BrN2O5. The lowest BCUT2D eigenvalue weighted by molar-refractivity contribution is -0.114. The van der Waals surface area contributed by atoms with Crippen LogP contribution in [0.4, 0.5) is 5.69 Å². The fourth-order valence-corrected chi connectivity index (χ4v) is 5.05. The molecule has 42 heavy (non-hydrogen) atoms. The number of rotatable bonds is 11. The predicted molar refractivity (Wildman–Crippen MR) is 168 cm³/mol. The second-order valence-corrected chi connectivity index (χ2v) is 10.4. The molecule has 214 valence electrons. The number of halogens is 1. The van der Waals surface area contributed by atoms with Crippen LogP contribution in [0.5, 0.6) is 23.0 Å². The number of carbonyl (C=O) groups excluding carboxylic acids is 1. The van der Waals surface area contributed by atoms with Gasteiger partial charge in [-0.2, -0.15) is 10.1 Å². The molecule has 4 aromatic carbocycles. The molecule has 4 aromatic rings. The highest BCUT2D eigenvalue weighted by Crippen LogP contribution is 2.39. The Balaban J connectivity index is 1.31. The Kier molecular flexibility index (Phi) is 9.24. The Hall–Kier alpha value is -4.56. The highest BCUT2D eigenvalue weighted by atomic mass is 79.9. The minimum absolute atomic E-state index is 0.185. The average molecular weight is 628 g/mol. The lowest BCUT2D eigenvalue weighted by Crippen LogP contribution is -2.21. The quantitative estimate of drug-likeness (QED) is 0.159. The first-order valence-electron chi connectivity index (χ1n) is 13.6. The van der Waals surface area contributed by atoms with Crippen LogP contribution in [-0.2, 0) is 18.0 Å². The number of amides is 1. The van der Waals surface area contributed by atoms with Gasteiger partial charge in [0.05, 0.1) is 35.2 Å². The van der Waals surface area contributed by atoms with E-state index < -0.39 is 0 Å². The molecule has 1 aliphatic rings. The molecule has 0 aliphatic carbocycles. The zero-order valence-corrected chi connectivity index (χ0v) is 25.3. The molecule has 0 bridgehead atoms. The van der Waals surface area contributed by atoms with Gasteiger partial charge in [-0.15, -0.1) is 0 Å². The van der Waals surface area contributed by atoms with E-state index in [2.05, 4.69) is 21.0 Å². The largest absolute Gasteiger partial charge is 0.493 e. The molecule has 1 amide bonds. The summed E-state index contributed by atoms with van der Waals surface area (Å²) in [5.41, 5.74) is 4.64. The van der Waals surface area contributed by atoms with E-state index in [0.717, 1.165) is 22.4 Å². The number of para-hydroxylation sites is 1. The van der Waals surface area contributed by atoms with E-state index in [1.165, 1.54) is 5.01 Å². The van der Waals surface area contributed by atoms with Gasteiger partial charge in [-0.05, 0) is 88.9 Å². The van der Waals surface area contributed by atoms with Crippen LogP contribution in [0.3, 0.4) is 0 Å². The van der Waals surface area contributed by atoms with Crippen LogP contribution in [0, 0.1) is 0 Å². The summed E-state index contributed by atoms with van der Waals surface area (Å²) < 4.78 is 24.4. The molecule has 0 spiro atoms. The maximum atomic E-state index is 13.2. The van der Waals surface area contributed by atoms with E-state index in [9.17, 15) is 4.79 Å². The summed E-state index contributed by atoms with van der Waals surface area (Å²) in [5.74, 6) is 2.23. The van der Waals surface area contributed by atoms with Crippen LogP contribution in [0.15, 0.2) is 106 Å². The molecule has 7 nitrogen and oxygen atoms in total. The Bertz CT molecular complexity index is 1620. The molecule has 0 aromatic heterocycles. The van der Waals surface area contributed by atoms with Crippen LogP contribution in [0.1, 0.15) is 30.5 Å². The lowest BCUT2D eigenvalue weighted by Gasteiger charge is -2.16. The van der Waals surface area contributed by atoms with Crippen molar-refractivity contribution in [3.05, 3.63) is 118 Å². The minimum Gasteiger partial charge on any atom is -0.493 e. The third-order valence-corrected chi connectivity index (χ3v) is 7.14. The molecular weight excluding hydrogens is 596 g/mol. The molecule has 0 radical (unpaired) electrons. The van der Waals surface area contributed by atoms with E-state index in [4.69, 9.17) is 18.9 Å². The van der Waals surface area contributed by atoms with E-state index in [1.807, 2.05) is 111 Å². The fraction of sp³-hybridized carbons (Fsp3) is 0.176. The van der Waals surface area contributed by atoms with Gasteiger partial charge in [-0.25, -0.2) is 0 Å². The molecule has 0 fully saturated rings.